The van der Waals surface area contributed by atoms with Gasteiger partial charge >= 0.3 is 0 Å². The first-order chi connectivity index (χ1) is 10.6. The molecule has 0 unspecified atom stereocenters. The number of aromatic hydroxyl groups is 1. The minimum atomic E-state index is 0.106. The van der Waals surface area contributed by atoms with Gasteiger partial charge < -0.3 is 14.6 Å². The van der Waals surface area contributed by atoms with E-state index in [0.717, 1.165) is 5.56 Å². The molecule has 0 atom stereocenters. The molecule has 0 bridgehead atoms. The highest BCUT2D eigenvalue weighted by Crippen LogP contribution is 2.36. The first kappa shape index (κ1) is 22.9. The maximum Gasteiger partial charge on any atom is 0.203 e. The van der Waals surface area contributed by atoms with Gasteiger partial charge in [-0.25, -0.2) is 0 Å². The highest BCUT2D eigenvalue weighted by Gasteiger charge is 2.08. The molecule has 0 aliphatic carbocycles. The Morgan fingerprint density at radius 3 is 1.73 bits per heavy atom. The molecule has 130 valence electrons. The summed E-state index contributed by atoms with van der Waals surface area (Å²) in [6.07, 6.45) is 8.49. The Bertz CT molecular complexity index is 356. The van der Waals surface area contributed by atoms with E-state index in [0.29, 0.717) is 11.5 Å². The second-order valence-electron chi connectivity index (χ2n) is 4.93. The Labute approximate surface area is 137 Å². The summed E-state index contributed by atoms with van der Waals surface area (Å²) in [4.78, 5) is 0. The summed E-state index contributed by atoms with van der Waals surface area (Å²) < 4.78 is 9.96. The number of benzene rings is 1. The third-order valence-electron chi connectivity index (χ3n) is 3.06. The van der Waals surface area contributed by atoms with Crippen LogP contribution in [0.2, 0.25) is 0 Å². The number of aryl methyl sites for hydroxylation is 1. The standard InChI is InChI=1S/C9H12O3.C8H18.C2H6/c1-6-4-7(10)9(12-3)8(5-6)11-2;1-3-5-7-8-6-4-2;1-2/h4-5,10H,1-3H3;3-8H2,1-2H3;1-2H3. The molecule has 1 N–H and O–H groups in total. The van der Waals surface area contributed by atoms with E-state index < -0.39 is 0 Å². The van der Waals surface area contributed by atoms with Crippen LogP contribution in [0.25, 0.3) is 0 Å². The number of hydrogen-bond acceptors (Lipinski definition) is 3. The van der Waals surface area contributed by atoms with E-state index in [1.165, 1.54) is 52.7 Å². The number of phenolic OH excluding ortho intramolecular Hbond substituents is 1. The molecule has 0 aliphatic heterocycles. The first-order valence-corrected chi connectivity index (χ1v) is 8.52. The molecule has 0 saturated heterocycles. The normalized spacial score (nSPS) is 9.05. The van der Waals surface area contributed by atoms with E-state index in [4.69, 9.17) is 9.47 Å². The van der Waals surface area contributed by atoms with Crippen LogP contribution in [0.15, 0.2) is 12.1 Å². The average molecular weight is 312 g/mol. The summed E-state index contributed by atoms with van der Waals surface area (Å²) in [5, 5.41) is 9.40. The van der Waals surface area contributed by atoms with Crippen LogP contribution in [0.5, 0.6) is 17.2 Å². The molecule has 1 aromatic carbocycles. The van der Waals surface area contributed by atoms with Crippen molar-refractivity contribution in [1.82, 2.24) is 0 Å². The molecule has 0 aliphatic rings. The van der Waals surface area contributed by atoms with Crippen molar-refractivity contribution in [2.75, 3.05) is 14.2 Å². The van der Waals surface area contributed by atoms with Gasteiger partial charge in [-0.05, 0) is 24.6 Å². The van der Waals surface area contributed by atoms with Gasteiger partial charge in [-0.1, -0.05) is 66.2 Å². The summed E-state index contributed by atoms with van der Waals surface area (Å²) in [5.74, 6) is 1.03. The lowest BCUT2D eigenvalue weighted by Gasteiger charge is -2.09. The second-order valence-corrected chi connectivity index (χ2v) is 4.93. The lowest BCUT2D eigenvalue weighted by Crippen LogP contribution is -1.91. The van der Waals surface area contributed by atoms with Gasteiger partial charge in [-0.2, -0.15) is 0 Å². The predicted molar refractivity (Wildman–Crippen MR) is 96.3 cm³/mol. The van der Waals surface area contributed by atoms with Crippen LogP contribution in [0.3, 0.4) is 0 Å². The molecule has 0 aromatic heterocycles. The lowest BCUT2D eigenvalue weighted by molar-refractivity contribution is 0.332. The molecule has 3 nitrogen and oxygen atoms in total. The van der Waals surface area contributed by atoms with Gasteiger partial charge in [0.15, 0.2) is 11.5 Å². The van der Waals surface area contributed by atoms with Crippen LogP contribution in [0.1, 0.15) is 71.8 Å². The zero-order valence-electron chi connectivity index (χ0n) is 15.7. The Kier molecular flexibility index (Phi) is 16.6. The van der Waals surface area contributed by atoms with Crippen LogP contribution in [-0.2, 0) is 0 Å². The van der Waals surface area contributed by atoms with E-state index >= 15 is 0 Å². The van der Waals surface area contributed by atoms with E-state index in [1.54, 1.807) is 12.1 Å². The number of phenols is 1. The van der Waals surface area contributed by atoms with Crippen molar-refractivity contribution in [1.29, 1.82) is 0 Å². The van der Waals surface area contributed by atoms with Crippen molar-refractivity contribution in [3.05, 3.63) is 17.7 Å². The van der Waals surface area contributed by atoms with Crippen LogP contribution in [-0.4, -0.2) is 19.3 Å². The fourth-order valence-corrected chi connectivity index (χ4v) is 1.93. The Balaban J connectivity index is 0. The fraction of sp³-hybridized carbons (Fsp3) is 0.684. The Hall–Kier alpha value is -1.38. The zero-order chi connectivity index (χ0) is 17.4. The molecule has 22 heavy (non-hydrogen) atoms. The van der Waals surface area contributed by atoms with Gasteiger partial charge in [0.05, 0.1) is 14.2 Å². The van der Waals surface area contributed by atoms with E-state index in [9.17, 15) is 5.11 Å². The van der Waals surface area contributed by atoms with Gasteiger partial charge in [-0.15, -0.1) is 0 Å². The molecule has 0 amide bonds. The number of methoxy groups -OCH3 is 2. The predicted octanol–water partition coefficient (Wildman–Crippen LogP) is 6.11. The van der Waals surface area contributed by atoms with Gasteiger partial charge in [0.25, 0.3) is 0 Å². The van der Waals surface area contributed by atoms with E-state index in [2.05, 4.69) is 13.8 Å². The van der Waals surface area contributed by atoms with Crippen LogP contribution < -0.4 is 9.47 Å². The fourth-order valence-electron chi connectivity index (χ4n) is 1.93. The third kappa shape index (κ3) is 10.4. The highest BCUT2D eigenvalue weighted by molar-refractivity contribution is 5.52. The molecule has 0 heterocycles. The zero-order valence-corrected chi connectivity index (χ0v) is 15.7. The maximum absolute atomic E-state index is 9.40. The summed E-state index contributed by atoms with van der Waals surface area (Å²) in [5.41, 5.74) is 0.935. The molecular weight excluding hydrogens is 276 g/mol. The van der Waals surface area contributed by atoms with Crippen molar-refractivity contribution in [2.24, 2.45) is 0 Å². The monoisotopic (exact) mass is 312 g/mol. The van der Waals surface area contributed by atoms with Gasteiger partial charge in [0, 0.05) is 0 Å². The molecular formula is C19H36O3. The van der Waals surface area contributed by atoms with Crippen LogP contribution in [0.4, 0.5) is 0 Å². The van der Waals surface area contributed by atoms with Crippen molar-refractivity contribution in [3.63, 3.8) is 0 Å². The third-order valence-corrected chi connectivity index (χ3v) is 3.06. The topological polar surface area (TPSA) is 38.7 Å². The minimum Gasteiger partial charge on any atom is -0.504 e. The first-order valence-electron chi connectivity index (χ1n) is 8.52. The number of hydrogen-bond donors (Lipinski definition) is 1. The number of ether oxygens (including phenoxy) is 2. The molecule has 1 rings (SSSR count). The summed E-state index contributed by atoms with van der Waals surface area (Å²) in [6.45, 7) is 10.4. The van der Waals surface area contributed by atoms with Gasteiger partial charge in [0.1, 0.15) is 0 Å². The molecule has 0 saturated carbocycles. The largest absolute Gasteiger partial charge is 0.504 e. The van der Waals surface area contributed by atoms with E-state index in [-0.39, 0.29) is 5.75 Å². The van der Waals surface area contributed by atoms with Gasteiger partial charge in [0.2, 0.25) is 5.75 Å². The highest BCUT2D eigenvalue weighted by atomic mass is 16.5. The van der Waals surface area contributed by atoms with Crippen molar-refractivity contribution < 1.29 is 14.6 Å². The summed E-state index contributed by atoms with van der Waals surface area (Å²) in [6, 6.07) is 3.43. The molecule has 3 heteroatoms. The SMILES string of the molecule is CC.CCCCCCCC.COc1cc(C)cc(O)c1OC. The molecule has 0 fully saturated rings. The quantitative estimate of drug-likeness (QED) is 0.617. The smallest absolute Gasteiger partial charge is 0.203 e. The summed E-state index contributed by atoms with van der Waals surface area (Å²) >= 11 is 0. The summed E-state index contributed by atoms with van der Waals surface area (Å²) in [7, 11) is 3.03. The lowest BCUT2D eigenvalue weighted by atomic mass is 10.1. The molecule has 0 radical (unpaired) electrons. The average Bonchev–Trinajstić information content (AvgIpc) is 2.53. The number of rotatable bonds is 7. The minimum absolute atomic E-state index is 0.106. The Morgan fingerprint density at radius 1 is 0.864 bits per heavy atom. The maximum atomic E-state index is 9.40. The number of unbranched alkanes of at least 4 members (excludes halogenated alkanes) is 5. The van der Waals surface area contributed by atoms with Crippen molar-refractivity contribution in [3.8, 4) is 17.2 Å². The van der Waals surface area contributed by atoms with Gasteiger partial charge in [-0.3, -0.25) is 0 Å². The molecule has 0 spiro atoms. The van der Waals surface area contributed by atoms with Crippen LogP contribution >= 0.6 is 0 Å². The van der Waals surface area contributed by atoms with Crippen molar-refractivity contribution >= 4 is 0 Å². The Morgan fingerprint density at radius 2 is 1.36 bits per heavy atom. The van der Waals surface area contributed by atoms with Crippen molar-refractivity contribution in [2.45, 2.75) is 73.1 Å². The van der Waals surface area contributed by atoms with E-state index in [1.807, 2.05) is 20.8 Å². The van der Waals surface area contributed by atoms with Crippen LogP contribution in [0, 0.1) is 6.92 Å². The molecule has 1 aromatic rings. The second kappa shape index (κ2) is 16.0.